The van der Waals surface area contributed by atoms with E-state index in [0.717, 1.165) is 11.1 Å². The molecule has 1 saturated heterocycles. The second-order valence-electron chi connectivity index (χ2n) is 7.61. The number of hydrogen-bond donors (Lipinski definition) is 1. The molecule has 6 nitrogen and oxygen atoms in total. The van der Waals surface area contributed by atoms with Crippen LogP contribution in [0.25, 0.3) is 0 Å². The number of hydrogen-bond acceptors (Lipinski definition) is 4. The third-order valence-electron chi connectivity index (χ3n) is 5.16. The van der Waals surface area contributed by atoms with Crippen molar-refractivity contribution in [3.63, 3.8) is 0 Å². The van der Waals surface area contributed by atoms with Crippen LogP contribution in [0.1, 0.15) is 17.5 Å². The Morgan fingerprint density at radius 3 is 2.19 bits per heavy atom. The zero-order valence-electron chi connectivity index (χ0n) is 17.6. The molecular formula is C23H26F3N3O3. The van der Waals surface area contributed by atoms with E-state index in [-0.39, 0.29) is 30.4 Å². The van der Waals surface area contributed by atoms with Crippen molar-refractivity contribution in [2.75, 3.05) is 32.7 Å². The first-order valence-corrected chi connectivity index (χ1v) is 10.4. The fraction of sp³-hybridized carbons (Fsp3) is 0.391. The Bertz CT molecular complexity index is 881. The Labute approximate surface area is 184 Å². The smallest absolute Gasteiger partial charge is 0.406 e. The van der Waals surface area contributed by atoms with E-state index in [2.05, 4.69) is 15.0 Å². The van der Waals surface area contributed by atoms with Crippen molar-refractivity contribution in [2.45, 2.75) is 25.7 Å². The number of amides is 2. The van der Waals surface area contributed by atoms with E-state index in [1.54, 1.807) is 17.0 Å². The molecule has 1 N–H and O–H groups in total. The number of nitrogens with one attached hydrogen (secondary N) is 1. The Morgan fingerprint density at radius 1 is 0.906 bits per heavy atom. The minimum atomic E-state index is -4.70. The molecule has 1 heterocycles. The van der Waals surface area contributed by atoms with Gasteiger partial charge in [-0.1, -0.05) is 42.5 Å². The highest BCUT2D eigenvalue weighted by molar-refractivity contribution is 5.80. The van der Waals surface area contributed by atoms with Crippen LogP contribution in [0, 0.1) is 0 Å². The molecule has 1 fully saturated rings. The summed E-state index contributed by atoms with van der Waals surface area (Å²) in [4.78, 5) is 28.3. The first-order chi connectivity index (χ1) is 15.3. The highest BCUT2D eigenvalue weighted by Gasteiger charge is 2.31. The molecule has 0 radical (unpaired) electrons. The molecule has 0 unspecified atom stereocenters. The summed E-state index contributed by atoms with van der Waals surface area (Å²) < 4.78 is 40.6. The second kappa shape index (κ2) is 11.0. The molecule has 2 amide bonds. The van der Waals surface area contributed by atoms with Gasteiger partial charge in [-0.25, -0.2) is 0 Å². The van der Waals surface area contributed by atoms with Gasteiger partial charge in [0.2, 0.25) is 11.8 Å². The van der Waals surface area contributed by atoms with Gasteiger partial charge < -0.3 is 15.0 Å². The minimum absolute atomic E-state index is 0.00156. The third-order valence-corrected chi connectivity index (χ3v) is 5.16. The zero-order chi connectivity index (χ0) is 23.0. The number of ether oxygens (including phenoxy) is 1. The molecule has 0 aromatic heterocycles. The first-order valence-electron chi connectivity index (χ1n) is 10.4. The summed E-state index contributed by atoms with van der Waals surface area (Å²) in [5, 5.41) is 2.78. The highest BCUT2D eigenvalue weighted by atomic mass is 19.4. The lowest BCUT2D eigenvalue weighted by molar-refractivity contribution is -0.274. The van der Waals surface area contributed by atoms with Crippen LogP contribution in [0.3, 0.4) is 0 Å². The maximum Gasteiger partial charge on any atom is 0.573 e. The fourth-order valence-electron chi connectivity index (χ4n) is 3.52. The number of benzene rings is 2. The van der Waals surface area contributed by atoms with E-state index >= 15 is 0 Å². The number of alkyl halides is 3. The van der Waals surface area contributed by atoms with Crippen LogP contribution >= 0.6 is 0 Å². The molecule has 0 bridgehead atoms. The Balaban J connectivity index is 1.34. The average Bonchev–Trinajstić information content (AvgIpc) is 2.75. The number of carbonyl (C=O) groups excluding carboxylic acids is 2. The summed E-state index contributed by atoms with van der Waals surface area (Å²) in [5.41, 5.74) is 1.80. The summed E-state index contributed by atoms with van der Waals surface area (Å²) in [6.07, 6.45) is -4.16. The van der Waals surface area contributed by atoms with Crippen LogP contribution in [0.5, 0.6) is 5.75 Å². The summed E-state index contributed by atoms with van der Waals surface area (Å²) in [7, 11) is 0. The van der Waals surface area contributed by atoms with Gasteiger partial charge in [0.15, 0.2) is 0 Å². The van der Waals surface area contributed by atoms with Gasteiger partial charge in [0.05, 0.1) is 6.42 Å². The predicted molar refractivity (Wildman–Crippen MR) is 113 cm³/mol. The number of rotatable bonds is 8. The Hall–Kier alpha value is -3.07. The molecule has 0 saturated carbocycles. The topological polar surface area (TPSA) is 61.9 Å². The van der Waals surface area contributed by atoms with Gasteiger partial charge in [0.1, 0.15) is 5.75 Å². The Morgan fingerprint density at radius 2 is 1.56 bits per heavy atom. The summed E-state index contributed by atoms with van der Waals surface area (Å²) >= 11 is 0. The molecule has 1 aliphatic rings. The molecule has 0 aliphatic carbocycles. The monoisotopic (exact) mass is 449 g/mol. The molecular weight excluding hydrogens is 423 g/mol. The molecule has 172 valence electrons. The second-order valence-corrected chi connectivity index (χ2v) is 7.61. The van der Waals surface area contributed by atoms with Crippen molar-refractivity contribution in [3.8, 4) is 5.75 Å². The third kappa shape index (κ3) is 7.88. The van der Waals surface area contributed by atoms with Crippen LogP contribution < -0.4 is 10.1 Å². The number of carbonyl (C=O) groups is 2. The summed E-state index contributed by atoms with van der Waals surface area (Å²) in [6, 6.07) is 15.2. The van der Waals surface area contributed by atoms with Gasteiger partial charge in [-0.05, 0) is 23.3 Å². The molecule has 1 aliphatic heterocycles. The SMILES string of the molecule is O=C(Cc1ccccc1)NCCC(=O)N1CCN(Cc2ccc(OC(F)(F)F)cc2)CC1. The lowest BCUT2D eigenvalue weighted by Gasteiger charge is -2.34. The van der Waals surface area contributed by atoms with E-state index in [4.69, 9.17) is 0 Å². The molecule has 0 atom stereocenters. The van der Waals surface area contributed by atoms with Crippen LogP contribution in [-0.4, -0.2) is 60.7 Å². The standard InChI is InChI=1S/C23H26F3N3O3/c24-23(25,26)32-20-8-6-19(7-9-20)17-28-12-14-29(15-13-28)22(31)10-11-27-21(30)16-18-4-2-1-3-5-18/h1-9H,10-17H2,(H,27,30). The van der Waals surface area contributed by atoms with Crippen molar-refractivity contribution < 1.29 is 27.5 Å². The van der Waals surface area contributed by atoms with Crippen molar-refractivity contribution in [2.24, 2.45) is 0 Å². The lowest BCUT2D eigenvalue weighted by Crippen LogP contribution is -2.48. The van der Waals surface area contributed by atoms with Crippen LogP contribution in [0.2, 0.25) is 0 Å². The fourth-order valence-corrected chi connectivity index (χ4v) is 3.52. The number of nitrogens with zero attached hydrogens (tertiary/aromatic N) is 2. The average molecular weight is 449 g/mol. The van der Waals surface area contributed by atoms with Gasteiger partial charge in [0, 0.05) is 45.7 Å². The maximum absolute atomic E-state index is 12.4. The van der Waals surface area contributed by atoms with Crippen molar-refractivity contribution >= 4 is 11.8 Å². The van der Waals surface area contributed by atoms with Crippen molar-refractivity contribution in [3.05, 3.63) is 65.7 Å². The summed E-state index contributed by atoms with van der Waals surface area (Å²) in [6.45, 7) is 3.39. The number of piperazine rings is 1. The highest BCUT2D eigenvalue weighted by Crippen LogP contribution is 2.23. The van der Waals surface area contributed by atoms with Gasteiger partial charge in [-0.2, -0.15) is 0 Å². The largest absolute Gasteiger partial charge is 0.573 e. The predicted octanol–water partition coefficient (Wildman–Crippen LogP) is 2.98. The normalized spacial score (nSPS) is 14.8. The van der Waals surface area contributed by atoms with Gasteiger partial charge in [-0.15, -0.1) is 13.2 Å². The van der Waals surface area contributed by atoms with E-state index in [1.165, 1.54) is 12.1 Å². The van der Waals surface area contributed by atoms with Crippen LogP contribution in [-0.2, 0) is 22.6 Å². The lowest BCUT2D eigenvalue weighted by atomic mass is 10.1. The van der Waals surface area contributed by atoms with Gasteiger partial charge in [-0.3, -0.25) is 14.5 Å². The van der Waals surface area contributed by atoms with E-state index in [0.29, 0.717) is 39.3 Å². The quantitative estimate of drug-likeness (QED) is 0.673. The maximum atomic E-state index is 12.4. The minimum Gasteiger partial charge on any atom is -0.406 e. The van der Waals surface area contributed by atoms with Crippen LogP contribution in [0.4, 0.5) is 13.2 Å². The van der Waals surface area contributed by atoms with Crippen molar-refractivity contribution in [1.82, 2.24) is 15.1 Å². The molecule has 0 spiro atoms. The first kappa shape index (κ1) is 23.6. The molecule has 32 heavy (non-hydrogen) atoms. The van der Waals surface area contributed by atoms with Crippen LogP contribution in [0.15, 0.2) is 54.6 Å². The number of halogens is 3. The van der Waals surface area contributed by atoms with Crippen molar-refractivity contribution in [1.29, 1.82) is 0 Å². The van der Waals surface area contributed by atoms with Gasteiger partial charge >= 0.3 is 6.36 Å². The van der Waals surface area contributed by atoms with E-state index < -0.39 is 6.36 Å². The summed E-state index contributed by atoms with van der Waals surface area (Å²) in [5.74, 6) is -0.355. The van der Waals surface area contributed by atoms with E-state index in [9.17, 15) is 22.8 Å². The van der Waals surface area contributed by atoms with Gasteiger partial charge in [0.25, 0.3) is 0 Å². The molecule has 2 aromatic carbocycles. The molecule has 3 rings (SSSR count). The zero-order valence-corrected chi connectivity index (χ0v) is 17.6. The van der Waals surface area contributed by atoms with E-state index in [1.807, 2.05) is 30.3 Å². The molecule has 9 heteroatoms. The molecule has 2 aromatic rings. The Kier molecular flexibility index (Phi) is 8.10.